The first-order valence-corrected chi connectivity index (χ1v) is 11.8. The number of piperidine rings is 1. The van der Waals surface area contributed by atoms with Crippen molar-refractivity contribution in [1.29, 1.82) is 0 Å². The summed E-state index contributed by atoms with van der Waals surface area (Å²) in [6.45, 7) is 0.916. The molecular weight excluding hydrogens is 418 g/mol. The Morgan fingerprint density at radius 2 is 1.77 bits per heavy atom. The number of fused-ring (bicyclic) bond motifs is 1. The largest absolute Gasteiger partial charge is 0.484 e. The molecule has 2 aromatic carbocycles. The van der Waals surface area contributed by atoms with Crippen molar-refractivity contribution in [1.82, 2.24) is 4.31 Å². The second kappa shape index (κ2) is 9.07. The van der Waals surface area contributed by atoms with Crippen LogP contribution in [0.5, 0.6) is 5.75 Å². The van der Waals surface area contributed by atoms with Gasteiger partial charge >= 0.3 is 0 Å². The number of hydrogen-bond donors (Lipinski definition) is 2. The van der Waals surface area contributed by atoms with Crippen LogP contribution in [0.15, 0.2) is 47.4 Å². The highest BCUT2D eigenvalue weighted by molar-refractivity contribution is 7.89. The summed E-state index contributed by atoms with van der Waals surface area (Å²) in [6.07, 6.45) is 3.89. The predicted octanol–water partition coefficient (Wildman–Crippen LogP) is 2.76. The number of anilines is 2. The molecule has 2 aromatic rings. The molecule has 2 amide bonds. The van der Waals surface area contributed by atoms with Crippen LogP contribution in [0, 0.1) is 0 Å². The van der Waals surface area contributed by atoms with E-state index in [2.05, 4.69) is 10.6 Å². The Morgan fingerprint density at radius 1 is 1.03 bits per heavy atom. The first-order chi connectivity index (χ1) is 14.9. The molecule has 2 heterocycles. The normalized spacial score (nSPS) is 16.8. The first-order valence-electron chi connectivity index (χ1n) is 10.4. The van der Waals surface area contributed by atoms with E-state index in [-0.39, 0.29) is 23.3 Å². The molecule has 2 N–H and O–H groups in total. The molecule has 31 heavy (non-hydrogen) atoms. The van der Waals surface area contributed by atoms with Crippen LogP contribution >= 0.6 is 0 Å². The number of ether oxygens (including phenoxy) is 1. The summed E-state index contributed by atoms with van der Waals surface area (Å²) in [5.41, 5.74) is 2.25. The van der Waals surface area contributed by atoms with Crippen LogP contribution in [-0.2, 0) is 26.0 Å². The Kier molecular flexibility index (Phi) is 6.24. The number of nitrogens with zero attached hydrogens (tertiary/aromatic N) is 1. The van der Waals surface area contributed by atoms with E-state index in [0.717, 1.165) is 30.5 Å². The van der Waals surface area contributed by atoms with Crippen LogP contribution in [0.25, 0.3) is 0 Å². The molecule has 1 fully saturated rings. The van der Waals surface area contributed by atoms with Crippen molar-refractivity contribution < 1.29 is 22.7 Å². The minimum Gasteiger partial charge on any atom is -0.484 e. The van der Waals surface area contributed by atoms with E-state index in [1.54, 1.807) is 24.3 Å². The van der Waals surface area contributed by atoms with Gasteiger partial charge in [0.2, 0.25) is 15.9 Å². The number of sulfonamides is 1. The third kappa shape index (κ3) is 5.05. The first kappa shape index (κ1) is 21.3. The average Bonchev–Trinajstić information content (AvgIpc) is 2.78. The molecular formula is C22H25N3O5S. The van der Waals surface area contributed by atoms with Gasteiger partial charge in [-0.3, -0.25) is 9.59 Å². The van der Waals surface area contributed by atoms with E-state index in [4.69, 9.17) is 4.74 Å². The third-order valence-corrected chi connectivity index (χ3v) is 7.35. The van der Waals surface area contributed by atoms with Gasteiger partial charge in [-0.15, -0.1) is 0 Å². The lowest BCUT2D eigenvalue weighted by atomic mass is 10.0. The lowest BCUT2D eigenvalue weighted by Gasteiger charge is -2.25. The highest BCUT2D eigenvalue weighted by Gasteiger charge is 2.25. The molecule has 1 saturated heterocycles. The van der Waals surface area contributed by atoms with Gasteiger partial charge in [0.25, 0.3) is 5.91 Å². The Labute approximate surface area is 181 Å². The maximum atomic E-state index is 12.7. The van der Waals surface area contributed by atoms with Gasteiger partial charge in [0, 0.05) is 30.9 Å². The second-order valence-corrected chi connectivity index (χ2v) is 9.63. The molecule has 8 nitrogen and oxygen atoms in total. The maximum Gasteiger partial charge on any atom is 0.262 e. The second-order valence-electron chi connectivity index (χ2n) is 7.69. The fourth-order valence-electron chi connectivity index (χ4n) is 3.76. The number of hydrogen-bond acceptors (Lipinski definition) is 5. The van der Waals surface area contributed by atoms with Crippen molar-refractivity contribution >= 4 is 33.2 Å². The molecule has 2 aliphatic heterocycles. The van der Waals surface area contributed by atoms with Crippen molar-refractivity contribution in [2.75, 3.05) is 30.3 Å². The molecule has 0 bridgehead atoms. The minimum absolute atomic E-state index is 0.00436. The lowest BCUT2D eigenvalue weighted by Crippen LogP contribution is -2.35. The molecule has 2 aliphatic rings. The molecule has 4 rings (SSSR count). The zero-order chi connectivity index (χ0) is 21.8. The van der Waals surface area contributed by atoms with Crippen LogP contribution in [0.3, 0.4) is 0 Å². The number of carbonyl (C=O) groups is 2. The summed E-state index contributed by atoms with van der Waals surface area (Å²) >= 11 is 0. The molecule has 0 atom stereocenters. The van der Waals surface area contributed by atoms with E-state index >= 15 is 0 Å². The zero-order valence-corrected chi connectivity index (χ0v) is 17.9. The van der Waals surface area contributed by atoms with E-state index in [1.165, 1.54) is 16.4 Å². The van der Waals surface area contributed by atoms with E-state index in [9.17, 15) is 18.0 Å². The molecule has 0 aromatic heterocycles. The highest BCUT2D eigenvalue weighted by Crippen LogP contribution is 2.27. The summed E-state index contributed by atoms with van der Waals surface area (Å²) < 4.78 is 32.5. The summed E-state index contributed by atoms with van der Waals surface area (Å²) in [5.74, 6) is 0.195. The summed E-state index contributed by atoms with van der Waals surface area (Å²) in [4.78, 5) is 23.9. The van der Waals surface area contributed by atoms with Crippen LogP contribution in [0.2, 0.25) is 0 Å². The minimum atomic E-state index is -3.49. The zero-order valence-electron chi connectivity index (χ0n) is 17.1. The van der Waals surface area contributed by atoms with Gasteiger partial charge in [-0.1, -0.05) is 6.42 Å². The third-order valence-electron chi connectivity index (χ3n) is 5.43. The van der Waals surface area contributed by atoms with E-state index in [1.807, 2.05) is 6.07 Å². The summed E-state index contributed by atoms with van der Waals surface area (Å²) in [7, 11) is -3.49. The van der Waals surface area contributed by atoms with Gasteiger partial charge in [0.1, 0.15) is 5.75 Å². The molecule has 0 unspecified atom stereocenters. The Morgan fingerprint density at radius 3 is 2.52 bits per heavy atom. The van der Waals surface area contributed by atoms with Crippen molar-refractivity contribution in [2.24, 2.45) is 0 Å². The number of nitrogens with one attached hydrogen (secondary N) is 2. The van der Waals surface area contributed by atoms with E-state index in [0.29, 0.717) is 37.4 Å². The quantitative estimate of drug-likeness (QED) is 0.714. The number of amides is 2. The van der Waals surface area contributed by atoms with Crippen molar-refractivity contribution in [3.05, 3.63) is 48.0 Å². The number of aryl methyl sites for hydroxylation is 1. The fraction of sp³-hybridized carbons (Fsp3) is 0.364. The molecule has 9 heteroatoms. The molecule has 0 saturated carbocycles. The monoisotopic (exact) mass is 443 g/mol. The van der Waals surface area contributed by atoms with Crippen molar-refractivity contribution in [3.8, 4) is 5.75 Å². The number of carbonyl (C=O) groups excluding carboxylic acids is 2. The molecule has 0 aliphatic carbocycles. The summed E-state index contributed by atoms with van der Waals surface area (Å²) in [6, 6.07) is 11.5. The standard InChI is InChI=1S/C22H25N3O5S/c26-21-11-4-16-14-18(7-10-20(16)24-21)30-15-22(27)23-17-5-8-19(9-6-17)31(28,29)25-12-2-1-3-13-25/h5-10,14H,1-4,11-13,15H2,(H,23,27)(H,24,26). The van der Waals surface area contributed by atoms with Gasteiger partial charge in [-0.2, -0.15) is 4.31 Å². The Hall–Kier alpha value is -2.91. The molecule has 164 valence electrons. The molecule has 0 radical (unpaired) electrons. The SMILES string of the molecule is O=C(COc1ccc2c(c1)CCC(=O)N2)Nc1ccc(S(=O)(=O)N2CCCCC2)cc1. The lowest BCUT2D eigenvalue weighted by molar-refractivity contribution is -0.118. The van der Waals surface area contributed by atoms with E-state index < -0.39 is 10.0 Å². The van der Waals surface area contributed by atoms with Gasteiger partial charge in [-0.25, -0.2) is 8.42 Å². The van der Waals surface area contributed by atoms with Crippen molar-refractivity contribution in [3.63, 3.8) is 0 Å². The van der Waals surface area contributed by atoms with Crippen LogP contribution in [0.1, 0.15) is 31.2 Å². The average molecular weight is 444 g/mol. The van der Waals surface area contributed by atoms with Crippen molar-refractivity contribution in [2.45, 2.75) is 37.0 Å². The highest BCUT2D eigenvalue weighted by atomic mass is 32.2. The number of benzene rings is 2. The predicted molar refractivity (Wildman–Crippen MR) is 117 cm³/mol. The van der Waals surface area contributed by atoms with Gasteiger partial charge in [0.15, 0.2) is 6.61 Å². The van der Waals surface area contributed by atoms with Crippen LogP contribution in [-0.4, -0.2) is 44.2 Å². The maximum absolute atomic E-state index is 12.7. The fourth-order valence-corrected chi connectivity index (χ4v) is 5.28. The number of rotatable bonds is 6. The van der Waals surface area contributed by atoms with Gasteiger partial charge in [-0.05, 0) is 67.3 Å². The Bertz CT molecular complexity index is 1080. The topological polar surface area (TPSA) is 105 Å². The molecule has 0 spiro atoms. The summed E-state index contributed by atoms with van der Waals surface area (Å²) in [5, 5.41) is 5.51. The smallest absolute Gasteiger partial charge is 0.262 e. The van der Waals surface area contributed by atoms with Crippen LogP contribution in [0.4, 0.5) is 11.4 Å². The van der Waals surface area contributed by atoms with Gasteiger partial charge < -0.3 is 15.4 Å². The van der Waals surface area contributed by atoms with Gasteiger partial charge in [0.05, 0.1) is 4.90 Å². The Balaban J connectivity index is 1.32. The van der Waals surface area contributed by atoms with Crippen LogP contribution < -0.4 is 15.4 Å².